The molecule has 0 radical (unpaired) electrons. The largest absolute Gasteiger partial charge is 0.469 e. The average molecular weight is 284 g/mol. The zero-order valence-electron chi connectivity index (χ0n) is 13.9. The summed E-state index contributed by atoms with van der Waals surface area (Å²) in [6.45, 7) is 2.27. The van der Waals surface area contributed by atoms with Gasteiger partial charge in [0.1, 0.15) is 0 Å². The zero-order chi connectivity index (χ0) is 14.9. The summed E-state index contributed by atoms with van der Waals surface area (Å²) in [5, 5.41) is 0. The van der Waals surface area contributed by atoms with E-state index in [1.807, 2.05) is 0 Å². The van der Waals surface area contributed by atoms with Crippen LogP contribution < -0.4 is 0 Å². The molecule has 0 aliphatic carbocycles. The second-order valence-corrected chi connectivity index (χ2v) is 5.92. The van der Waals surface area contributed by atoms with Crippen molar-refractivity contribution in [3.8, 4) is 0 Å². The summed E-state index contributed by atoms with van der Waals surface area (Å²) in [5.74, 6) is -0.0658. The van der Waals surface area contributed by atoms with Gasteiger partial charge in [0.2, 0.25) is 0 Å². The van der Waals surface area contributed by atoms with Crippen molar-refractivity contribution in [3.63, 3.8) is 0 Å². The maximum absolute atomic E-state index is 10.9. The van der Waals surface area contributed by atoms with Gasteiger partial charge in [0.15, 0.2) is 0 Å². The van der Waals surface area contributed by atoms with Gasteiger partial charge in [0.05, 0.1) is 7.11 Å². The molecule has 0 amide bonds. The third kappa shape index (κ3) is 15.5. The van der Waals surface area contributed by atoms with Crippen LogP contribution in [0.2, 0.25) is 0 Å². The number of hydrogen-bond acceptors (Lipinski definition) is 2. The van der Waals surface area contributed by atoms with Crippen molar-refractivity contribution in [2.24, 2.45) is 0 Å². The van der Waals surface area contributed by atoms with E-state index in [1.165, 1.54) is 90.6 Å². The summed E-state index contributed by atoms with van der Waals surface area (Å²) >= 11 is 0. The molecule has 2 heteroatoms. The molecule has 0 atom stereocenters. The van der Waals surface area contributed by atoms with E-state index in [-0.39, 0.29) is 5.97 Å². The molecule has 0 aromatic carbocycles. The quantitative estimate of drug-likeness (QED) is 0.271. The van der Waals surface area contributed by atoms with Crippen LogP contribution in [0.25, 0.3) is 0 Å². The summed E-state index contributed by atoms with van der Waals surface area (Å²) in [4.78, 5) is 10.9. The molecular weight excluding hydrogens is 248 g/mol. The van der Waals surface area contributed by atoms with Crippen LogP contribution in [-0.2, 0) is 9.53 Å². The Morgan fingerprint density at radius 1 is 0.650 bits per heavy atom. The van der Waals surface area contributed by atoms with E-state index >= 15 is 0 Å². The number of ether oxygens (including phenoxy) is 1. The molecule has 120 valence electrons. The van der Waals surface area contributed by atoms with Crippen molar-refractivity contribution in [2.45, 2.75) is 103 Å². The smallest absolute Gasteiger partial charge is 0.305 e. The fraction of sp³-hybridized carbons (Fsp3) is 0.944. The van der Waals surface area contributed by atoms with Gasteiger partial charge in [-0.2, -0.15) is 0 Å². The van der Waals surface area contributed by atoms with Gasteiger partial charge in [0.25, 0.3) is 0 Å². The molecule has 0 unspecified atom stereocenters. The Kier molecular flexibility index (Phi) is 16.1. The van der Waals surface area contributed by atoms with Crippen molar-refractivity contribution in [2.75, 3.05) is 7.11 Å². The highest BCUT2D eigenvalue weighted by atomic mass is 16.5. The first-order chi connectivity index (χ1) is 9.81. The number of carbonyl (C=O) groups excluding carboxylic acids is 1. The van der Waals surface area contributed by atoms with E-state index < -0.39 is 0 Å². The van der Waals surface area contributed by atoms with Crippen LogP contribution in [0.3, 0.4) is 0 Å². The molecule has 0 spiro atoms. The first kappa shape index (κ1) is 19.5. The van der Waals surface area contributed by atoms with Crippen molar-refractivity contribution >= 4 is 5.97 Å². The minimum absolute atomic E-state index is 0.0658. The fourth-order valence-electron chi connectivity index (χ4n) is 2.57. The Morgan fingerprint density at radius 3 is 1.35 bits per heavy atom. The molecule has 0 N–H and O–H groups in total. The Balaban J connectivity index is 2.97. The van der Waals surface area contributed by atoms with Crippen LogP contribution in [0.4, 0.5) is 0 Å². The summed E-state index contributed by atoms with van der Waals surface area (Å²) in [5.41, 5.74) is 0. The predicted molar refractivity (Wildman–Crippen MR) is 86.9 cm³/mol. The van der Waals surface area contributed by atoms with Crippen LogP contribution in [0.15, 0.2) is 0 Å². The minimum atomic E-state index is -0.0658. The zero-order valence-corrected chi connectivity index (χ0v) is 13.9. The summed E-state index contributed by atoms with van der Waals surface area (Å²) in [6, 6.07) is 0. The van der Waals surface area contributed by atoms with Crippen LogP contribution in [-0.4, -0.2) is 13.1 Å². The third-order valence-corrected chi connectivity index (χ3v) is 3.96. The van der Waals surface area contributed by atoms with Crippen LogP contribution in [0.5, 0.6) is 0 Å². The minimum Gasteiger partial charge on any atom is -0.469 e. The second kappa shape index (κ2) is 16.5. The third-order valence-electron chi connectivity index (χ3n) is 3.96. The Bertz CT molecular complexity index is 202. The molecule has 0 heterocycles. The van der Waals surface area contributed by atoms with Gasteiger partial charge in [-0.05, 0) is 6.42 Å². The number of esters is 1. The van der Waals surface area contributed by atoms with Crippen molar-refractivity contribution in [3.05, 3.63) is 0 Å². The highest BCUT2D eigenvalue weighted by Crippen LogP contribution is 2.13. The number of carbonyl (C=O) groups is 1. The van der Waals surface area contributed by atoms with Crippen molar-refractivity contribution < 1.29 is 9.53 Å². The molecular formula is C18H36O2. The Morgan fingerprint density at radius 2 is 1.00 bits per heavy atom. The molecule has 0 rings (SSSR count). The molecule has 0 saturated carbocycles. The summed E-state index contributed by atoms with van der Waals surface area (Å²) < 4.78 is 4.62. The standard InChI is InChI=1S/C18H36O2/c1-3-4-5-6-7-8-9-10-11-12-13-14-15-16-17-18(19)20-2/h3-17H2,1-2H3. The van der Waals surface area contributed by atoms with Crippen LogP contribution >= 0.6 is 0 Å². The molecule has 0 aliphatic rings. The lowest BCUT2D eigenvalue weighted by Crippen LogP contribution is -1.99. The maximum atomic E-state index is 10.9. The summed E-state index contributed by atoms with van der Waals surface area (Å²) in [7, 11) is 1.46. The molecule has 0 bridgehead atoms. The van der Waals surface area contributed by atoms with E-state index in [1.54, 1.807) is 0 Å². The van der Waals surface area contributed by atoms with E-state index in [2.05, 4.69) is 11.7 Å². The highest BCUT2D eigenvalue weighted by molar-refractivity contribution is 5.68. The lowest BCUT2D eigenvalue weighted by molar-refractivity contribution is -0.140. The Hall–Kier alpha value is -0.530. The number of rotatable bonds is 15. The molecule has 0 aliphatic heterocycles. The van der Waals surface area contributed by atoms with Gasteiger partial charge in [-0.15, -0.1) is 0 Å². The number of hydrogen-bond donors (Lipinski definition) is 0. The van der Waals surface area contributed by atoms with Crippen LogP contribution in [0.1, 0.15) is 103 Å². The van der Waals surface area contributed by atoms with Gasteiger partial charge in [-0.25, -0.2) is 0 Å². The molecule has 0 aromatic heterocycles. The highest BCUT2D eigenvalue weighted by Gasteiger charge is 1.99. The normalized spacial score (nSPS) is 10.7. The van der Waals surface area contributed by atoms with Crippen molar-refractivity contribution in [1.29, 1.82) is 0 Å². The van der Waals surface area contributed by atoms with Gasteiger partial charge in [0, 0.05) is 6.42 Å². The monoisotopic (exact) mass is 284 g/mol. The van der Waals surface area contributed by atoms with Gasteiger partial charge >= 0.3 is 5.97 Å². The molecule has 0 saturated heterocycles. The molecule has 0 aromatic rings. The maximum Gasteiger partial charge on any atom is 0.305 e. The van der Waals surface area contributed by atoms with Crippen LogP contribution in [0, 0.1) is 0 Å². The predicted octanol–water partition coefficient (Wildman–Crippen LogP) is 6.03. The Labute approximate surface area is 126 Å². The lowest BCUT2D eigenvalue weighted by atomic mass is 10.0. The molecule has 20 heavy (non-hydrogen) atoms. The number of methoxy groups -OCH3 is 1. The van der Waals surface area contributed by atoms with E-state index in [4.69, 9.17) is 0 Å². The van der Waals surface area contributed by atoms with Gasteiger partial charge in [-0.3, -0.25) is 4.79 Å². The number of unbranched alkanes of at least 4 members (excludes halogenated alkanes) is 13. The first-order valence-corrected chi connectivity index (χ1v) is 8.88. The first-order valence-electron chi connectivity index (χ1n) is 8.88. The fourth-order valence-corrected chi connectivity index (χ4v) is 2.57. The molecule has 2 nitrogen and oxygen atoms in total. The molecule has 0 fully saturated rings. The second-order valence-electron chi connectivity index (χ2n) is 5.92. The van der Waals surface area contributed by atoms with E-state index in [0.717, 1.165) is 6.42 Å². The van der Waals surface area contributed by atoms with E-state index in [0.29, 0.717) is 6.42 Å². The SMILES string of the molecule is CCCCCCCCCCCCCCCCC(=O)OC. The van der Waals surface area contributed by atoms with E-state index in [9.17, 15) is 4.79 Å². The average Bonchev–Trinajstić information content (AvgIpc) is 2.47. The lowest BCUT2D eigenvalue weighted by Gasteiger charge is -2.03. The van der Waals surface area contributed by atoms with Gasteiger partial charge in [-0.1, -0.05) is 90.4 Å². The summed E-state index contributed by atoms with van der Waals surface area (Å²) in [6.07, 6.45) is 19.5. The van der Waals surface area contributed by atoms with Crippen molar-refractivity contribution in [1.82, 2.24) is 0 Å². The van der Waals surface area contributed by atoms with Gasteiger partial charge < -0.3 is 4.74 Å². The topological polar surface area (TPSA) is 26.3 Å².